The van der Waals surface area contributed by atoms with Crippen molar-refractivity contribution in [1.29, 1.82) is 0 Å². The summed E-state index contributed by atoms with van der Waals surface area (Å²) in [5.41, 5.74) is 2.17. The van der Waals surface area contributed by atoms with Gasteiger partial charge in [-0.1, -0.05) is 6.07 Å². The first kappa shape index (κ1) is 14.4. The summed E-state index contributed by atoms with van der Waals surface area (Å²) in [5, 5.41) is 2.85. The first-order chi connectivity index (χ1) is 10.8. The van der Waals surface area contributed by atoms with E-state index in [-0.39, 0.29) is 5.91 Å². The number of pyridine rings is 1. The molecule has 1 amide bonds. The van der Waals surface area contributed by atoms with Crippen molar-refractivity contribution in [3.8, 4) is 5.75 Å². The van der Waals surface area contributed by atoms with E-state index in [0.717, 1.165) is 18.8 Å². The summed E-state index contributed by atoms with van der Waals surface area (Å²) in [6, 6.07) is 11.1. The van der Waals surface area contributed by atoms with Crippen LogP contribution in [0.2, 0.25) is 0 Å². The van der Waals surface area contributed by atoms with Crippen LogP contribution in [0.1, 0.15) is 23.3 Å². The lowest BCUT2D eigenvalue weighted by molar-refractivity contribution is 0.102. The zero-order valence-electron chi connectivity index (χ0n) is 12.6. The van der Waals surface area contributed by atoms with E-state index in [1.807, 2.05) is 30.3 Å². The smallest absolute Gasteiger partial charge is 0.274 e. The van der Waals surface area contributed by atoms with Gasteiger partial charge >= 0.3 is 0 Å². The summed E-state index contributed by atoms with van der Waals surface area (Å²) in [4.78, 5) is 18.8. The van der Waals surface area contributed by atoms with Gasteiger partial charge in [0.05, 0.1) is 7.11 Å². The lowest BCUT2D eigenvalue weighted by Gasteiger charge is -2.17. The Morgan fingerprint density at radius 2 is 2.05 bits per heavy atom. The van der Waals surface area contributed by atoms with Crippen LogP contribution in [0, 0.1) is 0 Å². The number of carbonyl (C=O) groups excluding carboxylic acids is 1. The lowest BCUT2D eigenvalue weighted by Crippen LogP contribution is -2.19. The fourth-order valence-corrected chi connectivity index (χ4v) is 2.61. The number of benzene rings is 1. The molecule has 114 valence electrons. The minimum Gasteiger partial charge on any atom is -0.497 e. The van der Waals surface area contributed by atoms with Crippen molar-refractivity contribution in [2.24, 2.45) is 0 Å². The maximum absolute atomic E-state index is 12.3. The van der Waals surface area contributed by atoms with Crippen molar-refractivity contribution >= 4 is 17.3 Å². The molecule has 3 rings (SSSR count). The number of ether oxygens (including phenoxy) is 1. The highest BCUT2D eigenvalue weighted by Crippen LogP contribution is 2.21. The molecule has 1 aromatic carbocycles. The number of nitrogens with zero attached hydrogens (tertiary/aromatic N) is 2. The Labute approximate surface area is 129 Å². The number of hydrogen-bond acceptors (Lipinski definition) is 4. The first-order valence-corrected chi connectivity index (χ1v) is 7.43. The number of hydrogen-bond donors (Lipinski definition) is 1. The van der Waals surface area contributed by atoms with E-state index in [0.29, 0.717) is 17.1 Å². The molecular formula is C17H19N3O2. The van der Waals surface area contributed by atoms with E-state index in [1.165, 1.54) is 12.8 Å². The standard InChI is InChI=1S/C17H19N3O2/c1-22-15-6-4-5-13(11-15)19-17(21)16-12-14(7-8-18-16)20-9-2-3-10-20/h4-8,11-12H,2-3,9-10H2,1H3,(H,19,21). The molecule has 2 heterocycles. The van der Waals surface area contributed by atoms with Crippen LogP contribution in [-0.4, -0.2) is 31.1 Å². The molecule has 0 spiro atoms. The van der Waals surface area contributed by atoms with Crippen molar-refractivity contribution in [2.45, 2.75) is 12.8 Å². The number of nitrogens with one attached hydrogen (secondary N) is 1. The normalized spacial score (nSPS) is 14.0. The lowest BCUT2D eigenvalue weighted by atomic mass is 10.2. The third-order valence-electron chi connectivity index (χ3n) is 3.77. The second kappa shape index (κ2) is 6.47. The van der Waals surface area contributed by atoms with Crippen LogP contribution in [0.25, 0.3) is 0 Å². The minimum atomic E-state index is -0.214. The highest BCUT2D eigenvalue weighted by molar-refractivity contribution is 6.03. The molecule has 0 bridgehead atoms. The Kier molecular flexibility index (Phi) is 4.23. The van der Waals surface area contributed by atoms with E-state index >= 15 is 0 Å². The molecule has 0 unspecified atom stereocenters. The molecule has 0 atom stereocenters. The van der Waals surface area contributed by atoms with Gasteiger partial charge in [-0.25, -0.2) is 0 Å². The molecule has 0 saturated carbocycles. The van der Waals surface area contributed by atoms with Crippen LogP contribution >= 0.6 is 0 Å². The van der Waals surface area contributed by atoms with Gasteiger partial charge in [-0.05, 0) is 37.1 Å². The largest absolute Gasteiger partial charge is 0.497 e. The van der Waals surface area contributed by atoms with E-state index in [2.05, 4.69) is 15.2 Å². The van der Waals surface area contributed by atoms with Crippen molar-refractivity contribution in [1.82, 2.24) is 4.98 Å². The van der Waals surface area contributed by atoms with Gasteiger partial charge in [0.15, 0.2) is 0 Å². The van der Waals surface area contributed by atoms with Crippen LogP contribution in [0.4, 0.5) is 11.4 Å². The average molecular weight is 297 g/mol. The Morgan fingerprint density at radius 1 is 1.23 bits per heavy atom. The number of amides is 1. The van der Waals surface area contributed by atoms with Crippen molar-refractivity contribution in [2.75, 3.05) is 30.4 Å². The first-order valence-electron chi connectivity index (χ1n) is 7.43. The molecule has 1 fully saturated rings. The van der Waals surface area contributed by atoms with Gasteiger partial charge in [-0.2, -0.15) is 0 Å². The summed E-state index contributed by atoms with van der Waals surface area (Å²) in [5.74, 6) is 0.492. The SMILES string of the molecule is COc1cccc(NC(=O)c2cc(N3CCCC3)ccn2)c1. The van der Waals surface area contributed by atoms with Crippen LogP contribution < -0.4 is 15.0 Å². The predicted octanol–water partition coefficient (Wildman–Crippen LogP) is 2.94. The third kappa shape index (κ3) is 3.19. The van der Waals surface area contributed by atoms with Crippen molar-refractivity contribution < 1.29 is 9.53 Å². The van der Waals surface area contributed by atoms with Crippen molar-refractivity contribution in [3.05, 3.63) is 48.3 Å². The van der Waals surface area contributed by atoms with E-state index in [1.54, 1.807) is 19.4 Å². The van der Waals surface area contributed by atoms with Crippen LogP contribution in [0.5, 0.6) is 5.75 Å². The summed E-state index contributed by atoms with van der Waals surface area (Å²) in [6.07, 6.45) is 4.09. The highest BCUT2D eigenvalue weighted by atomic mass is 16.5. The maximum atomic E-state index is 12.3. The molecule has 0 radical (unpaired) electrons. The number of carbonyl (C=O) groups is 1. The van der Waals surface area contributed by atoms with Gasteiger partial charge in [0, 0.05) is 36.7 Å². The zero-order chi connectivity index (χ0) is 15.4. The summed E-state index contributed by atoms with van der Waals surface area (Å²) < 4.78 is 5.16. The average Bonchev–Trinajstić information content (AvgIpc) is 3.09. The molecule has 5 nitrogen and oxygen atoms in total. The summed E-state index contributed by atoms with van der Waals surface area (Å²) in [6.45, 7) is 2.09. The Balaban J connectivity index is 1.75. The summed E-state index contributed by atoms with van der Waals surface area (Å²) >= 11 is 0. The van der Waals surface area contributed by atoms with Gasteiger partial charge in [-0.3, -0.25) is 9.78 Å². The molecule has 1 aliphatic heterocycles. The zero-order valence-corrected chi connectivity index (χ0v) is 12.6. The van der Waals surface area contributed by atoms with Gasteiger partial charge < -0.3 is 15.0 Å². The quantitative estimate of drug-likeness (QED) is 0.942. The molecule has 0 aliphatic carbocycles. The second-order valence-corrected chi connectivity index (χ2v) is 5.28. The van der Waals surface area contributed by atoms with Crippen molar-refractivity contribution in [3.63, 3.8) is 0 Å². The van der Waals surface area contributed by atoms with E-state index in [4.69, 9.17) is 4.74 Å². The molecule has 1 N–H and O–H groups in total. The number of anilines is 2. The third-order valence-corrected chi connectivity index (χ3v) is 3.77. The van der Waals surface area contributed by atoms with Gasteiger partial charge in [0.25, 0.3) is 5.91 Å². The monoisotopic (exact) mass is 297 g/mol. The van der Waals surface area contributed by atoms with Crippen LogP contribution in [-0.2, 0) is 0 Å². The highest BCUT2D eigenvalue weighted by Gasteiger charge is 2.15. The van der Waals surface area contributed by atoms with E-state index in [9.17, 15) is 4.79 Å². The Bertz CT molecular complexity index is 666. The Hall–Kier alpha value is -2.56. The maximum Gasteiger partial charge on any atom is 0.274 e. The topological polar surface area (TPSA) is 54.5 Å². The Morgan fingerprint density at radius 3 is 2.82 bits per heavy atom. The molecule has 1 aromatic heterocycles. The second-order valence-electron chi connectivity index (χ2n) is 5.28. The molecule has 1 aliphatic rings. The molecule has 1 saturated heterocycles. The number of aromatic nitrogens is 1. The van der Waals surface area contributed by atoms with Gasteiger partial charge in [0.2, 0.25) is 0 Å². The van der Waals surface area contributed by atoms with Crippen LogP contribution in [0.3, 0.4) is 0 Å². The fourth-order valence-electron chi connectivity index (χ4n) is 2.61. The molecular weight excluding hydrogens is 278 g/mol. The molecule has 2 aromatic rings. The van der Waals surface area contributed by atoms with Crippen LogP contribution in [0.15, 0.2) is 42.6 Å². The summed E-state index contributed by atoms with van der Waals surface area (Å²) in [7, 11) is 1.60. The predicted molar refractivity (Wildman–Crippen MR) is 86.6 cm³/mol. The van der Waals surface area contributed by atoms with E-state index < -0.39 is 0 Å². The fraction of sp³-hybridized carbons (Fsp3) is 0.294. The minimum absolute atomic E-state index is 0.214. The molecule has 5 heteroatoms. The van der Waals surface area contributed by atoms with Gasteiger partial charge in [0.1, 0.15) is 11.4 Å². The number of rotatable bonds is 4. The molecule has 22 heavy (non-hydrogen) atoms. The number of methoxy groups -OCH3 is 1. The van der Waals surface area contributed by atoms with Gasteiger partial charge in [-0.15, -0.1) is 0 Å².